The summed E-state index contributed by atoms with van der Waals surface area (Å²) in [5.41, 5.74) is 1.80. The van der Waals surface area contributed by atoms with Gasteiger partial charge in [-0.3, -0.25) is 9.78 Å². The zero-order valence-corrected chi connectivity index (χ0v) is 15.4. The molecule has 4 heterocycles. The lowest BCUT2D eigenvalue weighted by molar-refractivity contribution is 0.0703. The molecule has 7 heteroatoms. The van der Waals surface area contributed by atoms with Crippen molar-refractivity contribution in [3.8, 4) is 6.07 Å². The Morgan fingerprint density at radius 2 is 2.11 bits per heavy atom. The molecular weight excluding hydrogens is 352 g/mol. The van der Waals surface area contributed by atoms with Gasteiger partial charge < -0.3 is 9.47 Å². The fourth-order valence-corrected chi connectivity index (χ4v) is 3.62. The fourth-order valence-electron chi connectivity index (χ4n) is 3.62. The first-order chi connectivity index (χ1) is 13.7. The Balaban J connectivity index is 1.49. The van der Waals surface area contributed by atoms with Crippen molar-refractivity contribution in [3.05, 3.63) is 77.9 Å². The number of amides is 1. The second-order valence-corrected chi connectivity index (χ2v) is 6.87. The van der Waals surface area contributed by atoms with E-state index in [0.29, 0.717) is 24.3 Å². The van der Waals surface area contributed by atoms with Crippen LogP contribution in [0.5, 0.6) is 0 Å². The molecule has 0 aromatic carbocycles. The second-order valence-electron chi connectivity index (χ2n) is 6.87. The van der Waals surface area contributed by atoms with E-state index in [9.17, 15) is 4.79 Å². The zero-order valence-electron chi connectivity index (χ0n) is 15.4. The molecule has 0 saturated carbocycles. The van der Waals surface area contributed by atoms with Gasteiger partial charge in [0.25, 0.3) is 5.91 Å². The summed E-state index contributed by atoms with van der Waals surface area (Å²) in [5, 5.41) is 8.87. The molecule has 1 saturated heterocycles. The predicted molar refractivity (Wildman–Crippen MR) is 102 cm³/mol. The summed E-state index contributed by atoms with van der Waals surface area (Å²) < 4.78 is 2.12. The van der Waals surface area contributed by atoms with Gasteiger partial charge in [-0.05, 0) is 37.1 Å². The first kappa shape index (κ1) is 17.9. The van der Waals surface area contributed by atoms with Crippen molar-refractivity contribution in [1.82, 2.24) is 24.4 Å². The van der Waals surface area contributed by atoms with Crippen molar-refractivity contribution >= 4 is 5.91 Å². The molecule has 0 bridgehead atoms. The van der Waals surface area contributed by atoms with E-state index in [0.717, 1.165) is 30.9 Å². The van der Waals surface area contributed by atoms with Gasteiger partial charge in [0.2, 0.25) is 0 Å². The molecule has 1 atom stereocenters. The monoisotopic (exact) mass is 372 g/mol. The molecule has 3 aromatic rings. The molecule has 0 unspecified atom stereocenters. The molecule has 0 N–H and O–H groups in total. The number of imidazole rings is 1. The summed E-state index contributed by atoms with van der Waals surface area (Å²) in [6.07, 6.45) is 8.97. The van der Waals surface area contributed by atoms with E-state index in [-0.39, 0.29) is 11.8 Å². The number of carbonyl (C=O) groups is 1. The maximum absolute atomic E-state index is 12.9. The van der Waals surface area contributed by atoms with Crippen LogP contribution in [0.25, 0.3) is 0 Å². The number of rotatable bonds is 4. The number of nitriles is 1. The number of hydrogen-bond donors (Lipinski definition) is 0. The molecule has 0 radical (unpaired) electrons. The van der Waals surface area contributed by atoms with Gasteiger partial charge in [0.15, 0.2) is 0 Å². The average molecular weight is 372 g/mol. The van der Waals surface area contributed by atoms with E-state index in [2.05, 4.69) is 19.5 Å². The van der Waals surface area contributed by atoms with E-state index in [1.54, 1.807) is 18.3 Å². The van der Waals surface area contributed by atoms with Crippen LogP contribution in [0.15, 0.2) is 55.1 Å². The molecular formula is C21H20N6O. The highest BCUT2D eigenvalue weighted by atomic mass is 16.2. The highest BCUT2D eigenvalue weighted by Crippen LogP contribution is 2.27. The molecule has 4 rings (SSSR count). The normalized spacial score (nSPS) is 16.5. The quantitative estimate of drug-likeness (QED) is 0.702. The second kappa shape index (κ2) is 8.01. The summed E-state index contributed by atoms with van der Waals surface area (Å²) in [6.45, 7) is 2.01. The number of nitrogens with zero attached hydrogens (tertiary/aromatic N) is 6. The van der Waals surface area contributed by atoms with Crippen LogP contribution in [0.4, 0.5) is 0 Å². The fraction of sp³-hybridized carbons (Fsp3) is 0.286. The van der Waals surface area contributed by atoms with Crippen molar-refractivity contribution in [2.45, 2.75) is 25.3 Å². The van der Waals surface area contributed by atoms with Crippen LogP contribution in [0.1, 0.15) is 46.3 Å². The van der Waals surface area contributed by atoms with Gasteiger partial charge in [-0.2, -0.15) is 5.26 Å². The van der Waals surface area contributed by atoms with Crippen molar-refractivity contribution in [3.63, 3.8) is 0 Å². The molecule has 0 spiro atoms. The summed E-state index contributed by atoms with van der Waals surface area (Å²) in [4.78, 5) is 27.7. The Hall–Kier alpha value is -3.53. The molecule has 3 aromatic heterocycles. The largest absolute Gasteiger partial charge is 0.338 e. The number of piperidine rings is 1. The number of carbonyl (C=O) groups excluding carboxylic acids is 1. The minimum atomic E-state index is -0.0514. The van der Waals surface area contributed by atoms with Crippen LogP contribution in [-0.2, 0) is 6.54 Å². The maximum Gasteiger partial charge on any atom is 0.255 e. The Morgan fingerprint density at radius 1 is 1.18 bits per heavy atom. The molecule has 0 aliphatic carbocycles. The third-order valence-electron chi connectivity index (χ3n) is 5.00. The highest BCUT2D eigenvalue weighted by Gasteiger charge is 2.28. The molecule has 1 fully saturated rings. The molecule has 7 nitrogen and oxygen atoms in total. The standard InChI is InChI=1S/C21H20N6O/c22-12-18-7-6-16(13-25-18)21(28)27-10-3-4-17(14-27)20-24-9-11-26(20)15-19-5-1-2-8-23-19/h1-2,5-9,11,13,17H,3-4,10,14-15H2/t17-/m1/s1. The molecule has 28 heavy (non-hydrogen) atoms. The van der Waals surface area contributed by atoms with Crippen LogP contribution >= 0.6 is 0 Å². The Bertz CT molecular complexity index is 990. The topological polar surface area (TPSA) is 87.7 Å². The minimum Gasteiger partial charge on any atom is -0.338 e. The van der Waals surface area contributed by atoms with Crippen molar-refractivity contribution in [2.24, 2.45) is 0 Å². The van der Waals surface area contributed by atoms with Gasteiger partial charge in [0, 0.05) is 43.8 Å². The third-order valence-corrected chi connectivity index (χ3v) is 5.00. The van der Waals surface area contributed by atoms with E-state index in [4.69, 9.17) is 5.26 Å². The third kappa shape index (κ3) is 3.76. The van der Waals surface area contributed by atoms with E-state index >= 15 is 0 Å². The number of hydrogen-bond acceptors (Lipinski definition) is 5. The van der Waals surface area contributed by atoms with E-state index in [1.807, 2.05) is 41.6 Å². The lowest BCUT2D eigenvalue weighted by atomic mass is 9.96. The molecule has 1 aliphatic heterocycles. The summed E-state index contributed by atoms with van der Waals surface area (Å²) in [5.74, 6) is 1.12. The van der Waals surface area contributed by atoms with E-state index in [1.165, 1.54) is 6.20 Å². The minimum absolute atomic E-state index is 0.0514. The Morgan fingerprint density at radius 3 is 2.86 bits per heavy atom. The first-order valence-electron chi connectivity index (χ1n) is 9.31. The lowest BCUT2D eigenvalue weighted by Gasteiger charge is -2.32. The van der Waals surface area contributed by atoms with Crippen LogP contribution in [0, 0.1) is 11.3 Å². The average Bonchev–Trinajstić information content (AvgIpc) is 3.22. The summed E-state index contributed by atoms with van der Waals surface area (Å²) >= 11 is 0. The molecule has 1 aliphatic rings. The highest BCUT2D eigenvalue weighted by molar-refractivity contribution is 5.94. The number of likely N-dealkylation sites (tertiary alicyclic amines) is 1. The molecule has 140 valence electrons. The van der Waals surface area contributed by atoms with Crippen LogP contribution in [0.3, 0.4) is 0 Å². The smallest absolute Gasteiger partial charge is 0.255 e. The van der Waals surface area contributed by atoms with Crippen LogP contribution in [0.2, 0.25) is 0 Å². The first-order valence-corrected chi connectivity index (χ1v) is 9.31. The lowest BCUT2D eigenvalue weighted by Crippen LogP contribution is -2.39. The molecule has 1 amide bonds. The van der Waals surface area contributed by atoms with Crippen molar-refractivity contribution in [2.75, 3.05) is 13.1 Å². The van der Waals surface area contributed by atoms with Gasteiger partial charge in [-0.1, -0.05) is 6.07 Å². The van der Waals surface area contributed by atoms with Gasteiger partial charge >= 0.3 is 0 Å². The Kier molecular flexibility index (Phi) is 5.11. The maximum atomic E-state index is 12.9. The van der Waals surface area contributed by atoms with Crippen molar-refractivity contribution < 1.29 is 4.79 Å². The van der Waals surface area contributed by atoms with Gasteiger partial charge in [-0.25, -0.2) is 9.97 Å². The van der Waals surface area contributed by atoms with Crippen molar-refractivity contribution in [1.29, 1.82) is 5.26 Å². The van der Waals surface area contributed by atoms with Gasteiger partial charge in [0.1, 0.15) is 17.6 Å². The predicted octanol–water partition coefficient (Wildman–Crippen LogP) is 2.61. The Labute approximate surface area is 163 Å². The number of pyridine rings is 2. The zero-order chi connectivity index (χ0) is 19.3. The van der Waals surface area contributed by atoms with Gasteiger partial charge in [-0.15, -0.1) is 0 Å². The summed E-state index contributed by atoms with van der Waals surface area (Å²) in [7, 11) is 0. The van der Waals surface area contributed by atoms with E-state index < -0.39 is 0 Å². The summed E-state index contributed by atoms with van der Waals surface area (Å²) in [6, 6.07) is 11.1. The number of aromatic nitrogens is 4. The van der Waals surface area contributed by atoms with Crippen LogP contribution < -0.4 is 0 Å². The van der Waals surface area contributed by atoms with Gasteiger partial charge in [0.05, 0.1) is 17.8 Å². The van der Waals surface area contributed by atoms with Crippen LogP contribution in [-0.4, -0.2) is 43.4 Å². The SMILES string of the molecule is N#Cc1ccc(C(=O)N2CCC[C@@H](c3nccn3Cc3ccccn3)C2)cn1.